The van der Waals surface area contributed by atoms with Crippen LogP contribution < -0.4 is 4.90 Å². The van der Waals surface area contributed by atoms with Gasteiger partial charge in [0.25, 0.3) is 0 Å². The van der Waals surface area contributed by atoms with Crippen LogP contribution in [0.25, 0.3) is 0 Å². The van der Waals surface area contributed by atoms with Gasteiger partial charge < -0.3 is 9.80 Å². The predicted octanol–water partition coefficient (Wildman–Crippen LogP) is 3.57. The zero-order chi connectivity index (χ0) is 18.3. The average Bonchev–Trinajstić information content (AvgIpc) is 3.19. The lowest BCUT2D eigenvalue weighted by Crippen LogP contribution is -2.41. The number of amides is 2. The summed E-state index contributed by atoms with van der Waals surface area (Å²) in [6.45, 7) is 0.846. The molecular formula is C19H18F2N2O2S. The van der Waals surface area contributed by atoms with E-state index in [1.54, 1.807) is 16.2 Å². The van der Waals surface area contributed by atoms with Crippen LogP contribution in [-0.2, 0) is 16.1 Å². The van der Waals surface area contributed by atoms with Crippen LogP contribution in [0.5, 0.6) is 0 Å². The molecule has 2 amide bonds. The summed E-state index contributed by atoms with van der Waals surface area (Å²) in [7, 11) is 0. The number of halogens is 2. The molecule has 0 unspecified atom stereocenters. The topological polar surface area (TPSA) is 40.6 Å². The van der Waals surface area contributed by atoms with Crippen LogP contribution in [0.4, 0.5) is 14.5 Å². The van der Waals surface area contributed by atoms with E-state index < -0.39 is 17.6 Å². The third-order valence-electron chi connectivity index (χ3n) is 4.92. The van der Waals surface area contributed by atoms with Crippen LogP contribution in [0.15, 0.2) is 35.0 Å². The minimum Gasteiger partial charge on any atom is -0.335 e. The van der Waals surface area contributed by atoms with E-state index in [0.717, 1.165) is 30.5 Å². The van der Waals surface area contributed by atoms with Gasteiger partial charge in [-0.1, -0.05) is 0 Å². The Morgan fingerprint density at radius 3 is 2.65 bits per heavy atom. The van der Waals surface area contributed by atoms with Gasteiger partial charge >= 0.3 is 0 Å². The lowest BCUT2D eigenvalue weighted by molar-refractivity contribution is -0.140. The van der Waals surface area contributed by atoms with Gasteiger partial charge in [-0.2, -0.15) is 11.3 Å². The number of benzene rings is 1. The second kappa shape index (κ2) is 6.79. The fraction of sp³-hybridized carbons (Fsp3) is 0.368. The quantitative estimate of drug-likeness (QED) is 0.749. The number of thiophene rings is 1. The Kier molecular flexibility index (Phi) is 4.48. The summed E-state index contributed by atoms with van der Waals surface area (Å²) in [5.74, 6) is -3.20. The van der Waals surface area contributed by atoms with Gasteiger partial charge in [-0.3, -0.25) is 9.59 Å². The molecule has 2 heterocycles. The van der Waals surface area contributed by atoms with Crippen molar-refractivity contribution < 1.29 is 18.4 Å². The van der Waals surface area contributed by atoms with Crippen molar-refractivity contribution in [2.45, 2.75) is 31.8 Å². The largest absolute Gasteiger partial charge is 0.335 e. The van der Waals surface area contributed by atoms with Crippen molar-refractivity contribution in [1.82, 2.24) is 4.90 Å². The zero-order valence-corrected chi connectivity index (χ0v) is 14.8. The summed E-state index contributed by atoms with van der Waals surface area (Å²) in [6, 6.07) is 5.56. The number of carbonyl (C=O) groups is 2. The summed E-state index contributed by atoms with van der Waals surface area (Å²) in [5.41, 5.74) is 1.36. The zero-order valence-electron chi connectivity index (χ0n) is 14.0. The average molecular weight is 376 g/mol. The third-order valence-corrected chi connectivity index (χ3v) is 5.65. The van der Waals surface area contributed by atoms with Gasteiger partial charge in [-0.25, -0.2) is 8.78 Å². The van der Waals surface area contributed by atoms with Crippen molar-refractivity contribution >= 4 is 28.8 Å². The van der Waals surface area contributed by atoms with Crippen molar-refractivity contribution in [2.24, 2.45) is 5.92 Å². The van der Waals surface area contributed by atoms with Crippen LogP contribution in [-0.4, -0.2) is 29.3 Å². The highest BCUT2D eigenvalue weighted by molar-refractivity contribution is 7.07. The van der Waals surface area contributed by atoms with Crippen molar-refractivity contribution in [3.8, 4) is 0 Å². The Morgan fingerprint density at radius 1 is 1.19 bits per heavy atom. The molecule has 1 atom stereocenters. The highest BCUT2D eigenvalue weighted by atomic mass is 32.1. The number of nitrogens with zero attached hydrogens (tertiary/aromatic N) is 2. The first-order valence-corrected chi connectivity index (χ1v) is 9.57. The molecule has 1 saturated heterocycles. The maximum absolute atomic E-state index is 13.5. The molecule has 4 rings (SSSR count). The minimum atomic E-state index is -0.998. The van der Waals surface area contributed by atoms with E-state index >= 15 is 0 Å². The number of rotatable bonds is 5. The highest BCUT2D eigenvalue weighted by Crippen LogP contribution is 2.33. The molecule has 0 spiro atoms. The van der Waals surface area contributed by atoms with E-state index in [1.807, 2.05) is 16.8 Å². The molecule has 26 heavy (non-hydrogen) atoms. The number of anilines is 1. The molecule has 1 aliphatic carbocycles. The first-order chi connectivity index (χ1) is 12.5. The van der Waals surface area contributed by atoms with E-state index in [0.29, 0.717) is 25.2 Å². The lowest BCUT2D eigenvalue weighted by Gasteiger charge is -2.25. The van der Waals surface area contributed by atoms with Crippen LogP contribution in [0.2, 0.25) is 0 Å². The van der Waals surface area contributed by atoms with Gasteiger partial charge in [0.1, 0.15) is 5.92 Å². The molecule has 0 bridgehead atoms. The SMILES string of the molecule is O=C1[C@@H](C(=O)N(Cc2ccsc2)C2CC2)CCN1c1ccc(F)c(F)c1. The molecule has 1 aromatic heterocycles. The van der Waals surface area contributed by atoms with Crippen LogP contribution in [0.1, 0.15) is 24.8 Å². The molecule has 2 aliphatic rings. The van der Waals surface area contributed by atoms with Crippen LogP contribution in [0, 0.1) is 17.6 Å². The lowest BCUT2D eigenvalue weighted by atomic mass is 10.1. The Morgan fingerprint density at radius 2 is 2.00 bits per heavy atom. The van der Waals surface area contributed by atoms with E-state index in [1.165, 1.54) is 11.0 Å². The molecule has 1 saturated carbocycles. The third kappa shape index (κ3) is 3.23. The molecule has 7 heteroatoms. The Balaban J connectivity index is 1.51. The summed E-state index contributed by atoms with van der Waals surface area (Å²) < 4.78 is 26.6. The van der Waals surface area contributed by atoms with Crippen LogP contribution in [0.3, 0.4) is 0 Å². The predicted molar refractivity (Wildman–Crippen MR) is 94.7 cm³/mol. The molecule has 0 radical (unpaired) electrons. The first-order valence-electron chi connectivity index (χ1n) is 8.62. The highest BCUT2D eigenvalue weighted by Gasteiger charge is 2.43. The van der Waals surface area contributed by atoms with Gasteiger partial charge in [0, 0.05) is 30.9 Å². The van der Waals surface area contributed by atoms with E-state index in [4.69, 9.17) is 0 Å². The number of hydrogen-bond donors (Lipinski definition) is 0. The summed E-state index contributed by atoms with van der Waals surface area (Å²) in [5, 5.41) is 3.98. The molecule has 2 aromatic rings. The molecule has 136 valence electrons. The second-order valence-corrected chi connectivity index (χ2v) is 7.54. The normalized spacial score (nSPS) is 19.8. The fourth-order valence-corrected chi connectivity index (χ4v) is 4.03. The van der Waals surface area contributed by atoms with Crippen molar-refractivity contribution in [1.29, 1.82) is 0 Å². The monoisotopic (exact) mass is 376 g/mol. The van der Waals surface area contributed by atoms with Gasteiger partial charge in [0.15, 0.2) is 11.6 Å². The Hall–Kier alpha value is -2.28. The second-order valence-electron chi connectivity index (χ2n) is 6.76. The number of carbonyl (C=O) groups excluding carboxylic acids is 2. The van der Waals surface area contributed by atoms with Crippen LogP contribution >= 0.6 is 11.3 Å². The standard InChI is InChI=1S/C19H18F2N2O2S/c20-16-4-3-14(9-17(16)21)22-7-5-15(18(22)24)19(25)23(13-1-2-13)10-12-6-8-26-11-12/h3-4,6,8-9,11,13,15H,1-2,5,7,10H2/t15-/m0/s1. The van der Waals surface area contributed by atoms with Gasteiger partial charge in [0.05, 0.1) is 0 Å². The summed E-state index contributed by atoms with van der Waals surface area (Å²) in [6.07, 6.45) is 2.32. The maximum Gasteiger partial charge on any atom is 0.239 e. The Bertz CT molecular complexity index is 836. The summed E-state index contributed by atoms with van der Waals surface area (Å²) >= 11 is 1.58. The maximum atomic E-state index is 13.5. The molecule has 1 aromatic carbocycles. The molecule has 2 fully saturated rings. The first kappa shape index (κ1) is 17.1. The Labute approximate surface area is 154 Å². The van der Waals surface area contributed by atoms with E-state index in [2.05, 4.69) is 0 Å². The van der Waals surface area contributed by atoms with Crippen molar-refractivity contribution in [2.75, 3.05) is 11.4 Å². The minimum absolute atomic E-state index is 0.159. The van der Waals surface area contributed by atoms with Crippen molar-refractivity contribution in [3.05, 3.63) is 52.2 Å². The molecule has 1 aliphatic heterocycles. The van der Waals surface area contributed by atoms with Gasteiger partial charge in [0.2, 0.25) is 11.8 Å². The van der Waals surface area contributed by atoms with Gasteiger partial charge in [-0.05, 0) is 53.8 Å². The fourth-order valence-electron chi connectivity index (χ4n) is 3.37. The molecular weight excluding hydrogens is 358 g/mol. The van der Waals surface area contributed by atoms with Gasteiger partial charge in [-0.15, -0.1) is 0 Å². The van der Waals surface area contributed by atoms with E-state index in [-0.39, 0.29) is 17.9 Å². The molecule has 4 nitrogen and oxygen atoms in total. The number of hydrogen-bond acceptors (Lipinski definition) is 3. The summed E-state index contributed by atoms with van der Waals surface area (Å²) in [4.78, 5) is 28.9. The van der Waals surface area contributed by atoms with Crippen molar-refractivity contribution in [3.63, 3.8) is 0 Å². The smallest absolute Gasteiger partial charge is 0.239 e. The van der Waals surface area contributed by atoms with E-state index in [9.17, 15) is 18.4 Å². The molecule has 0 N–H and O–H groups in total.